The van der Waals surface area contributed by atoms with Crippen molar-refractivity contribution >= 4 is 17.7 Å². The highest BCUT2D eigenvalue weighted by Gasteiger charge is 2.23. The molecule has 1 heterocycles. The molecule has 2 aliphatic rings. The fraction of sp³-hybridized carbons (Fsp3) is 0.917. The monoisotopic (exact) mass is 258 g/mol. The average molecular weight is 258 g/mol. The molecule has 1 unspecified atom stereocenters. The zero-order valence-electron chi connectivity index (χ0n) is 10.2. The topological polar surface area (TPSA) is 61.4 Å². The molecule has 1 amide bonds. The first-order valence-corrected chi connectivity index (χ1v) is 7.68. The van der Waals surface area contributed by atoms with Gasteiger partial charge in [0.15, 0.2) is 0 Å². The third-order valence-corrected chi connectivity index (χ3v) is 4.68. The molecule has 17 heavy (non-hydrogen) atoms. The van der Waals surface area contributed by atoms with Crippen molar-refractivity contribution in [2.24, 2.45) is 5.92 Å². The summed E-state index contributed by atoms with van der Waals surface area (Å²) in [4.78, 5) is 11.9. The summed E-state index contributed by atoms with van der Waals surface area (Å²) in [5.74, 6) is 2.68. The van der Waals surface area contributed by atoms with Crippen molar-refractivity contribution in [1.82, 2.24) is 10.6 Å². The van der Waals surface area contributed by atoms with E-state index >= 15 is 0 Å². The van der Waals surface area contributed by atoms with Gasteiger partial charge in [0.1, 0.15) is 0 Å². The van der Waals surface area contributed by atoms with Crippen LogP contribution in [0.5, 0.6) is 0 Å². The number of carbonyl (C=O) groups excluding carboxylic acids is 1. The number of rotatable bonds is 3. The van der Waals surface area contributed by atoms with Crippen molar-refractivity contribution < 1.29 is 9.90 Å². The van der Waals surface area contributed by atoms with Crippen LogP contribution in [-0.2, 0) is 4.79 Å². The number of amides is 1. The molecule has 1 atom stereocenters. The number of thioether (sulfide) groups is 1. The molecular formula is C12H22N2O2S. The van der Waals surface area contributed by atoms with Crippen molar-refractivity contribution in [2.75, 3.05) is 24.6 Å². The highest BCUT2D eigenvalue weighted by molar-refractivity contribution is 7.99. The third kappa shape index (κ3) is 4.16. The molecule has 1 aliphatic carbocycles. The van der Waals surface area contributed by atoms with Crippen molar-refractivity contribution in [1.29, 1.82) is 0 Å². The first-order chi connectivity index (χ1) is 8.25. The van der Waals surface area contributed by atoms with Crippen molar-refractivity contribution in [2.45, 2.75) is 37.8 Å². The number of nitrogens with one attached hydrogen (secondary N) is 2. The highest BCUT2D eigenvalue weighted by Crippen LogP contribution is 2.23. The van der Waals surface area contributed by atoms with E-state index in [9.17, 15) is 9.90 Å². The van der Waals surface area contributed by atoms with E-state index < -0.39 is 0 Å². The standard InChI is InChI=1S/C12H22N2O2S/c15-10-3-1-9(2-4-10)7-14-12(16)11-8-17-6-5-13-11/h9-11,13,15H,1-8H2,(H,14,16). The van der Waals surface area contributed by atoms with Crippen LogP contribution in [0.2, 0.25) is 0 Å². The van der Waals surface area contributed by atoms with Crippen LogP contribution in [0.15, 0.2) is 0 Å². The van der Waals surface area contributed by atoms with Crippen LogP contribution in [0.25, 0.3) is 0 Å². The minimum absolute atomic E-state index is 0.0112. The number of hydrogen-bond acceptors (Lipinski definition) is 4. The van der Waals surface area contributed by atoms with E-state index in [2.05, 4.69) is 10.6 Å². The van der Waals surface area contributed by atoms with Gasteiger partial charge in [-0.05, 0) is 31.6 Å². The summed E-state index contributed by atoms with van der Waals surface area (Å²) < 4.78 is 0. The van der Waals surface area contributed by atoms with Crippen LogP contribution in [0.4, 0.5) is 0 Å². The predicted molar refractivity (Wildman–Crippen MR) is 70.1 cm³/mol. The molecule has 1 aliphatic heterocycles. The van der Waals surface area contributed by atoms with Gasteiger partial charge in [0.25, 0.3) is 0 Å². The van der Waals surface area contributed by atoms with Crippen LogP contribution >= 0.6 is 11.8 Å². The molecule has 5 heteroatoms. The van der Waals surface area contributed by atoms with Gasteiger partial charge in [-0.1, -0.05) is 0 Å². The Hall–Kier alpha value is -0.260. The zero-order valence-corrected chi connectivity index (χ0v) is 11.0. The Kier molecular flexibility index (Phi) is 5.13. The highest BCUT2D eigenvalue weighted by atomic mass is 32.2. The third-order valence-electron chi connectivity index (χ3n) is 3.62. The molecule has 3 N–H and O–H groups in total. The number of aliphatic hydroxyl groups excluding tert-OH is 1. The Labute approximate surface area is 107 Å². The largest absolute Gasteiger partial charge is 0.393 e. The Bertz CT molecular complexity index is 249. The molecule has 98 valence electrons. The maximum absolute atomic E-state index is 11.9. The van der Waals surface area contributed by atoms with E-state index in [1.54, 1.807) is 0 Å². The van der Waals surface area contributed by atoms with Gasteiger partial charge in [0, 0.05) is 24.6 Å². The fourth-order valence-corrected chi connectivity index (χ4v) is 3.38. The normalized spacial score (nSPS) is 34.3. The van der Waals surface area contributed by atoms with Crippen molar-refractivity contribution in [3.8, 4) is 0 Å². The lowest BCUT2D eigenvalue weighted by molar-refractivity contribution is -0.122. The lowest BCUT2D eigenvalue weighted by atomic mass is 9.87. The maximum atomic E-state index is 11.9. The minimum atomic E-state index is -0.113. The molecule has 1 saturated carbocycles. The minimum Gasteiger partial charge on any atom is -0.393 e. The molecule has 0 aromatic carbocycles. The van der Waals surface area contributed by atoms with Gasteiger partial charge in [-0.3, -0.25) is 4.79 Å². The van der Waals surface area contributed by atoms with Crippen LogP contribution < -0.4 is 10.6 Å². The molecule has 2 fully saturated rings. The second kappa shape index (κ2) is 6.61. The van der Waals surface area contributed by atoms with E-state index in [1.807, 2.05) is 11.8 Å². The van der Waals surface area contributed by atoms with Gasteiger partial charge in [-0.2, -0.15) is 11.8 Å². The Morgan fingerprint density at radius 2 is 2.12 bits per heavy atom. The van der Waals surface area contributed by atoms with E-state index in [-0.39, 0.29) is 18.1 Å². The molecule has 0 spiro atoms. The van der Waals surface area contributed by atoms with Crippen molar-refractivity contribution in [3.63, 3.8) is 0 Å². The molecule has 0 radical (unpaired) electrons. The summed E-state index contributed by atoms with van der Waals surface area (Å²) in [5.41, 5.74) is 0. The predicted octanol–water partition coefficient (Wildman–Crippen LogP) is 0.359. The van der Waals surface area contributed by atoms with Crippen LogP contribution in [-0.4, -0.2) is 47.8 Å². The molecule has 0 aromatic rings. The number of carbonyl (C=O) groups is 1. The summed E-state index contributed by atoms with van der Waals surface area (Å²) in [7, 11) is 0. The van der Waals surface area contributed by atoms with E-state index in [4.69, 9.17) is 0 Å². The molecule has 0 aromatic heterocycles. The van der Waals surface area contributed by atoms with Gasteiger partial charge in [0.2, 0.25) is 5.91 Å². The average Bonchev–Trinajstić information content (AvgIpc) is 2.39. The molecule has 1 saturated heterocycles. The molecule has 4 nitrogen and oxygen atoms in total. The summed E-state index contributed by atoms with van der Waals surface area (Å²) >= 11 is 1.84. The second-order valence-electron chi connectivity index (χ2n) is 5.00. The lowest BCUT2D eigenvalue weighted by Crippen LogP contribution is -2.49. The smallest absolute Gasteiger partial charge is 0.238 e. The fourth-order valence-electron chi connectivity index (χ4n) is 2.45. The van der Waals surface area contributed by atoms with Gasteiger partial charge >= 0.3 is 0 Å². The second-order valence-corrected chi connectivity index (χ2v) is 6.15. The summed E-state index contributed by atoms with van der Waals surface area (Å²) in [6, 6.07) is -0.0112. The molecular weight excluding hydrogens is 236 g/mol. The number of hydrogen-bond donors (Lipinski definition) is 3. The van der Waals surface area contributed by atoms with Gasteiger partial charge in [0.05, 0.1) is 12.1 Å². The van der Waals surface area contributed by atoms with E-state index in [1.165, 1.54) is 0 Å². The van der Waals surface area contributed by atoms with Crippen LogP contribution in [0.1, 0.15) is 25.7 Å². The van der Waals surface area contributed by atoms with Gasteiger partial charge in [-0.15, -0.1) is 0 Å². The Morgan fingerprint density at radius 3 is 2.76 bits per heavy atom. The summed E-state index contributed by atoms with van der Waals surface area (Å²) in [6.07, 6.45) is 3.73. The summed E-state index contributed by atoms with van der Waals surface area (Å²) in [6.45, 7) is 1.70. The van der Waals surface area contributed by atoms with Crippen LogP contribution in [0.3, 0.4) is 0 Å². The first kappa shape index (κ1) is 13.2. The zero-order chi connectivity index (χ0) is 12.1. The van der Waals surface area contributed by atoms with Crippen LogP contribution in [0, 0.1) is 5.92 Å². The summed E-state index contributed by atoms with van der Waals surface area (Å²) in [5, 5.41) is 15.7. The maximum Gasteiger partial charge on any atom is 0.238 e. The van der Waals surface area contributed by atoms with E-state index in [0.29, 0.717) is 5.92 Å². The lowest BCUT2D eigenvalue weighted by Gasteiger charge is -2.27. The Morgan fingerprint density at radius 1 is 1.35 bits per heavy atom. The SMILES string of the molecule is O=C(NCC1CCC(O)CC1)C1CSCCN1. The quantitative estimate of drug-likeness (QED) is 0.684. The first-order valence-electron chi connectivity index (χ1n) is 6.52. The molecule has 0 bridgehead atoms. The Balaban J connectivity index is 1.65. The molecule has 2 rings (SSSR count). The van der Waals surface area contributed by atoms with E-state index in [0.717, 1.165) is 50.3 Å². The van der Waals surface area contributed by atoms with Crippen molar-refractivity contribution in [3.05, 3.63) is 0 Å². The number of aliphatic hydroxyl groups is 1. The van der Waals surface area contributed by atoms with Gasteiger partial charge < -0.3 is 15.7 Å². The van der Waals surface area contributed by atoms with Gasteiger partial charge in [-0.25, -0.2) is 0 Å².